The Bertz CT molecular complexity index is 376. The molecule has 0 aromatic heterocycles. The number of nitrogens with zero attached hydrogens (tertiary/aromatic N) is 2. The van der Waals surface area contributed by atoms with E-state index in [1.807, 2.05) is 37.3 Å². The van der Waals surface area contributed by atoms with Gasteiger partial charge < -0.3 is 9.80 Å². The van der Waals surface area contributed by atoms with Crippen molar-refractivity contribution in [3.05, 3.63) is 35.9 Å². The van der Waals surface area contributed by atoms with Crippen LogP contribution in [0.5, 0.6) is 0 Å². The molecule has 1 aromatic rings. The number of hydrogen-bond acceptors (Lipinski definition) is 3. The number of carbonyl (C=O) groups is 1. The zero-order valence-corrected chi connectivity index (χ0v) is 12.6. The van der Waals surface area contributed by atoms with Crippen LogP contribution in [0.4, 0.5) is 0 Å². The third kappa shape index (κ3) is 5.99. The minimum Gasteiger partial charge on any atom is -0.309 e. The van der Waals surface area contributed by atoms with Crippen molar-refractivity contribution in [2.24, 2.45) is 5.92 Å². The molecule has 0 amide bonds. The SMILES string of the molecule is CC(CN(C)CCCN(C)C)C(=O)c1ccccc1. The molecule has 0 N–H and O–H groups in total. The lowest BCUT2D eigenvalue weighted by Crippen LogP contribution is -2.31. The van der Waals surface area contributed by atoms with E-state index in [0.29, 0.717) is 0 Å². The number of rotatable bonds is 8. The minimum atomic E-state index is 0.0479. The number of Topliss-reactive ketones (excluding diaryl/α,β-unsaturated/α-hetero) is 1. The number of ketones is 1. The van der Waals surface area contributed by atoms with Crippen molar-refractivity contribution in [3.8, 4) is 0 Å². The quantitative estimate of drug-likeness (QED) is 0.672. The fourth-order valence-electron chi connectivity index (χ4n) is 2.19. The van der Waals surface area contributed by atoms with E-state index in [-0.39, 0.29) is 11.7 Å². The number of carbonyl (C=O) groups excluding carboxylic acids is 1. The number of benzene rings is 1. The summed E-state index contributed by atoms with van der Waals surface area (Å²) >= 11 is 0. The average Bonchev–Trinajstić information content (AvgIpc) is 2.38. The maximum absolute atomic E-state index is 12.2. The highest BCUT2D eigenvalue weighted by Crippen LogP contribution is 2.09. The second kappa shape index (κ2) is 8.08. The molecule has 0 aliphatic heterocycles. The first-order chi connectivity index (χ1) is 9.00. The summed E-state index contributed by atoms with van der Waals surface area (Å²) in [7, 11) is 6.26. The first-order valence-corrected chi connectivity index (χ1v) is 6.93. The standard InChI is InChI=1S/C16H26N2O/c1-14(13-18(4)12-8-11-17(2)3)16(19)15-9-6-5-7-10-15/h5-7,9-10,14H,8,11-13H2,1-4H3. The molecule has 1 atom stereocenters. The van der Waals surface area contributed by atoms with E-state index in [2.05, 4.69) is 30.9 Å². The zero-order chi connectivity index (χ0) is 14.3. The van der Waals surface area contributed by atoms with Gasteiger partial charge in [0, 0.05) is 18.0 Å². The first kappa shape index (κ1) is 15.9. The van der Waals surface area contributed by atoms with E-state index in [0.717, 1.165) is 31.6 Å². The van der Waals surface area contributed by atoms with Gasteiger partial charge in [-0.15, -0.1) is 0 Å². The summed E-state index contributed by atoms with van der Waals surface area (Å²) in [6.07, 6.45) is 1.13. The molecular weight excluding hydrogens is 236 g/mol. The molecule has 1 rings (SSSR count). The van der Waals surface area contributed by atoms with E-state index >= 15 is 0 Å². The van der Waals surface area contributed by atoms with Crippen molar-refractivity contribution in [1.82, 2.24) is 9.80 Å². The van der Waals surface area contributed by atoms with Gasteiger partial charge in [-0.3, -0.25) is 4.79 Å². The molecule has 19 heavy (non-hydrogen) atoms. The highest BCUT2D eigenvalue weighted by atomic mass is 16.1. The van der Waals surface area contributed by atoms with Gasteiger partial charge in [0.15, 0.2) is 5.78 Å². The summed E-state index contributed by atoms with van der Waals surface area (Å²) in [5, 5.41) is 0. The van der Waals surface area contributed by atoms with Crippen molar-refractivity contribution in [2.75, 3.05) is 40.8 Å². The highest BCUT2D eigenvalue weighted by molar-refractivity contribution is 5.97. The largest absolute Gasteiger partial charge is 0.309 e. The average molecular weight is 262 g/mol. The van der Waals surface area contributed by atoms with Crippen molar-refractivity contribution in [1.29, 1.82) is 0 Å². The Kier molecular flexibility index (Phi) is 6.74. The normalized spacial score (nSPS) is 12.9. The van der Waals surface area contributed by atoms with E-state index in [1.54, 1.807) is 0 Å². The van der Waals surface area contributed by atoms with Crippen LogP contribution in [0.3, 0.4) is 0 Å². The Morgan fingerprint density at radius 1 is 1.11 bits per heavy atom. The Morgan fingerprint density at radius 3 is 2.32 bits per heavy atom. The van der Waals surface area contributed by atoms with E-state index in [1.165, 1.54) is 0 Å². The van der Waals surface area contributed by atoms with Gasteiger partial charge in [0.1, 0.15) is 0 Å². The molecule has 0 radical (unpaired) electrons. The summed E-state index contributed by atoms with van der Waals surface area (Å²) < 4.78 is 0. The Hall–Kier alpha value is -1.19. The predicted octanol–water partition coefficient (Wildman–Crippen LogP) is 2.39. The fourth-order valence-corrected chi connectivity index (χ4v) is 2.19. The highest BCUT2D eigenvalue weighted by Gasteiger charge is 2.16. The van der Waals surface area contributed by atoms with Crippen LogP contribution in [0.25, 0.3) is 0 Å². The molecule has 0 aliphatic carbocycles. The molecule has 106 valence electrons. The van der Waals surface area contributed by atoms with Crippen LogP contribution >= 0.6 is 0 Å². The fraction of sp³-hybridized carbons (Fsp3) is 0.562. The van der Waals surface area contributed by atoms with Gasteiger partial charge >= 0.3 is 0 Å². The summed E-state index contributed by atoms with van der Waals surface area (Å²) in [6, 6.07) is 9.56. The lowest BCUT2D eigenvalue weighted by Gasteiger charge is -2.21. The predicted molar refractivity (Wildman–Crippen MR) is 80.6 cm³/mol. The Morgan fingerprint density at radius 2 is 1.74 bits per heavy atom. The van der Waals surface area contributed by atoms with Crippen LogP contribution in [0.15, 0.2) is 30.3 Å². The van der Waals surface area contributed by atoms with Gasteiger partial charge in [-0.05, 0) is 40.7 Å². The van der Waals surface area contributed by atoms with Crippen molar-refractivity contribution in [3.63, 3.8) is 0 Å². The van der Waals surface area contributed by atoms with Crippen LogP contribution in [-0.4, -0.2) is 56.4 Å². The van der Waals surface area contributed by atoms with E-state index in [4.69, 9.17) is 0 Å². The maximum Gasteiger partial charge on any atom is 0.166 e. The van der Waals surface area contributed by atoms with Crippen LogP contribution in [-0.2, 0) is 0 Å². The number of hydrogen-bond donors (Lipinski definition) is 0. The van der Waals surface area contributed by atoms with Crippen LogP contribution in [0.2, 0.25) is 0 Å². The smallest absolute Gasteiger partial charge is 0.166 e. The van der Waals surface area contributed by atoms with Gasteiger partial charge in [0.2, 0.25) is 0 Å². The summed E-state index contributed by atoms with van der Waals surface area (Å²) in [5.41, 5.74) is 0.816. The van der Waals surface area contributed by atoms with Crippen LogP contribution in [0.1, 0.15) is 23.7 Å². The van der Waals surface area contributed by atoms with Crippen molar-refractivity contribution >= 4 is 5.78 Å². The molecule has 0 heterocycles. The van der Waals surface area contributed by atoms with Crippen LogP contribution < -0.4 is 0 Å². The minimum absolute atomic E-state index is 0.0479. The van der Waals surface area contributed by atoms with Gasteiger partial charge in [-0.1, -0.05) is 37.3 Å². The molecule has 0 bridgehead atoms. The molecule has 3 nitrogen and oxygen atoms in total. The Labute approximate surface area is 117 Å². The van der Waals surface area contributed by atoms with Gasteiger partial charge in [0.05, 0.1) is 0 Å². The lowest BCUT2D eigenvalue weighted by molar-refractivity contribution is 0.0902. The third-order valence-electron chi connectivity index (χ3n) is 3.24. The molecule has 0 spiro atoms. The molecule has 0 fully saturated rings. The second-order valence-corrected chi connectivity index (χ2v) is 5.55. The van der Waals surface area contributed by atoms with Gasteiger partial charge in [0.25, 0.3) is 0 Å². The molecule has 0 aliphatic rings. The van der Waals surface area contributed by atoms with E-state index < -0.39 is 0 Å². The van der Waals surface area contributed by atoms with E-state index in [9.17, 15) is 4.79 Å². The molecular formula is C16H26N2O. The van der Waals surface area contributed by atoms with Crippen LogP contribution in [0, 0.1) is 5.92 Å². The molecule has 0 saturated heterocycles. The summed E-state index contributed by atoms with van der Waals surface area (Å²) in [5.74, 6) is 0.284. The monoisotopic (exact) mass is 262 g/mol. The molecule has 1 unspecified atom stereocenters. The summed E-state index contributed by atoms with van der Waals surface area (Å²) in [6.45, 7) is 4.95. The van der Waals surface area contributed by atoms with Crippen molar-refractivity contribution < 1.29 is 4.79 Å². The van der Waals surface area contributed by atoms with Gasteiger partial charge in [-0.2, -0.15) is 0 Å². The maximum atomic E-state index is 12.2. The van der Waals surface area contributed by atoms with Gasteiger partial charge in [-0.25, -0.2) is 0 Å². The first-order valence-electron chi connectivity index (χ1n) is 6.93. The second-order valence-electron chi connectivity index (χ2n) is 5.55. The topological polar surface area (TPSA) is 23.6 Å². The van der Waals surface area contributed by atoms with Crippen molar-refractivity contribution in [2.45, 2.75) is 13.3 Å². The lowest BCUT2D eigenvalue weighted by atomic mass is 9.99. The molecule has 1 aromatic carbocycles. The molecule has 3 heteroatoms. The Balaban J connectivity index is 2.37. The zero-order valence-electron chi connectivity index (χ0n) is 12.6. The third-order valence-corrected chi connectivity index (χ3v) is 3.24. The summed E-state index contributed by atoms with van der Waals surface area (Å²) in [4.78, 5) is 16.7. The molecule has 0 saturated carbocycles.